The molecule has 0 atom stereocenters. The molecule has 1 heterocycles. The van der Waals surface area contributed by atoms with Gasteiger partial charge in [0, 0.05) is 10.9 Å². The van der Waals surface area contributed by atoms with E-state index in [1.807, 2.05) is 25.1 Å². The molecule has 3 aromatic rings. The number of pyridine rings is 1. The van der Waals surface area contributed by atoms with Gasteiger partial charge in [-0.3, -0.25) is 0 Å². The second kappa shape index (κ2) is 5.87. The van der Waals surface area contributed by atoms with Gasteiger partial charge in [-0.05, 0) is 36.6 Å². The maximum atomic E-state index is 6.61. The van der Waals surface area contributed by atoms with Gasteiger partial charge in [-0.15, -0.1) is 0 Å². The van der Waals surface area contributed by atoms with Crippen molar-refractivity contribution < 1.29 is 0 Å². The second-order valence-corrected chi connectivity index (χ2v) is 5.74. The van der Waals surface area contributed by atoms with Crippen LogP contribution < -0.4 is 0 Å². The molecule has 0 aliphatic heterocycles. The Morgan fingerprint density at radius 3 is 2.52 bits per heavy atom. The van der Waals surface area contributed by atoms with E-state index in [2.05, 4.69) is 37.3 Å². The third-order valence-electron chi connectivity index (χ3n) is 3.80. The van der Waals surface area contributed by atoms with Crippen molar-refractivity contribution in [2.45, 2.75) is 26.7 Å². The zero-order chi connectivity index (χ0) is 14.8. The van der Waals surface area contributed by atoms with Crippen LogP contribution in [0.5, 0.6) is 0 Å². The molecule has 0 fully saturated rings. The summed E-state index contributed by atoms with van der Waals surface area (Å²) in [6, 6.07) is 16.6. The highest BCUT2D eigenvalue weighted by atomic mass is 35.5. The van der Waals surface area contributed by atoms with Gasteiger partial charge in [0.05, 0.1) is 16.2 Å². The Labute approximate surface area is 130 Å². The monoisotopic (exact) mass is 295 g/mol. The molecule has 2 heteroatoms. The minimum atomic E-state index is 0.816. The highest BCUT2D eigenvalue weighted by molar-refractivity contribution is 6.36. The average Bonchev–Trinajstić information content (AvgIpc) is 2.52. The molecule has 21 heavy (non-hydrogen) atoms. The van der Waals surface area contributed by atoms with Gasteiger partial charge < -0.3 is 0 Å². The van der Waals surface area contributed by atoms with Crippen LogP contribution in [-0.2, 0) is 6.42 Å². The van der Waals surface area contributed by atoms with E-state index in [0.29, 0.717) is 0 Å². The van der Waals surface area contributed by atoms with Gasteiger partial charge >= 0.3 is 0 Å². The van der Waals surface area contributed by atoms with Gasteiger partial charge in [-0.1, -0.05) is 61.3 Å². The fourth-order valence-corrected chi connectivity index (χ4v) is 2.93. The lowest BCUT2D eigenvalue weighted by Crippen LogP contribution is -1.93. The molecule has 0 saturated heterocycles. The van der Waals surface area contributed by atoms with Crippen molar-refractivity contribution in [3.63, 3.8) is 0 Å². The number of halogens is 1. The van der Waals surface area contributed by atoms with Gasteiger partial charge in [0.2, 0.25) is 0 Å². The quantitative estimate of drug-likeness (QED) is 0.593. The highest BCUT2D eigenvalue weighted by Crippen LogP contribution is 2.33. The molecule has 0 aliphatic carbocycles. The smallest absolute Gasteiger partial charge is 0.0753 e. The van der Waals surface area contributed by atoms with Crippen molar-refractivity contribution in [3.05, 3.63) is 64.7 Å². The van der Waals surface area contributed by atoms with Crippen LogP contribution in [0.4, 0.5) is 0 Å². The standard InChI is InChI=1S/C19H18ClN/c1-3-7-14-10-11-17-16(12-14)18(20)13(2)19(21-17)15-8-5-4-6-9-15/h4-6,8-12H,3,7H2,1-2H3. The number of fused-ring (bicyclic) bond motifs is 1. The van der Waals surface area contributed by atoms with Crippen LogP contribution in [0.1, 0.15) is 24.5 Å². The number of aromatic nitrogens is 1. The molecule has 1 nitrogen and oxygen atoms in total. The molecule has 0 saturated carbocycles. The summed E-state index contributed by atoms with van der Waals surface area (Å²) in [5.41, 5.74) is 5.40. The number of nitrogens with zero attached hydrogens (tertiary/aromatic N) is 1. The summed E-state index contributed by atoms with van der Waals surface area (Å²) < 4.78 is 0. The van der Waals surface area contributed by atoms with Crippen LogP contribution in [-0.4, -0.2) is 4.98 Å². The summed E-state index contributed by atoms with van der Waals surface area (Å²) in [6.45, 7) is 4.23. The number of rotatable bonds is 3. The van der Waals surface area contributed by atoms with Crippen molar-refractivity contribution in [2.75, 3.05) is 0 Å². The molecule has 0 amide bonds. The Balaban J connectivity index is 2.22. The highest BCUT2D eigenvalue weighted by Gasteiger charge is 2.12. The maximum absolute atomic E-state index is 6.61. The van der Waals surface area contributed by atoms with Crippen LogP contribution in [0.2, 0.25) is 5.02 Å². The summed E-state index contributed by atoms with van der Waals surface area (Å²) in [5.74, 6) is 0. The van der Waals surface area contributed by atoms with E-state index in [1.165, 1.54) is 5.56 Å². The predicted octanol–water partition coefficient (Wildman–Crippen LogP) is 5.82. The summed E-state index contributed by atoms with van der Waals surface area (Å²) in [5, 5.41) is 1.87. The van der Waals surface area contributed by atoms with Crippen molar-refractivity contribution in [3.8, 4) is 11.3 Å². The Morgan fingerprint density at radius 1 is 1.05 bits per heavy atom. The lowest BCUT2D eigenvalue weighted by Gasteiger charge is -2.11. The molecule has 1 aromatic heterocycles. The van der Waals surface area contributed by atoms with Gasteiger partial charge in [0.15, 0.2) is 0 Å². The first-order chi connectivity index (χ1) is 10.2. The third-order valence-corrected chi connectivity index (χ3v) is 4.29. The van der Waals surface area contributed by atoms with Crippen LogP contribution in [0, 0.1) is 6.92 Å². The van der Waals surface area contributed by atoms with E-state index in [-0.39, 0.29) is 0 Å². The average molecular weight is 296 g/mol. The molecule has 0 aliphatic rings. The number of hydrogen-bond donors (Lipinski definition) is 0. The second-order valence-electron chi connectivity index (χ2n) is 5.37. The minimum Gasteiger partial charge on any atom is -0.247 e. The molecule has 3 rings (SSSR count). The third kappa shape index (κ3) is 2.66. The lowest BCUT2D eigenvalue weighted by atomic mass is 10.0. The van der Waals surface area contributed by atoms with Gasteiger partial charge in [0.25, 0.3) is 0 Å². The lowest BCUT2D eigenvalue weighted by molar-refractivity contribution is 0.923. The molecular weight excluding hydrogens is 278 g/mol. The Bertz CT molecular complexity index is 778. The van der Waals surface area contributed by atoms with Crippen molar-refractivity contribution >= 4 is 22.5 Å². The molecule has 106 valence electrons. The number of benzene rings is 2. The Kier molecular flexibility index (Phi) is 3.94. The Hall–Kier alpha value is -1.86. The van der Waals surface area contributed by atoms with E-state index in [1.54, 1.807) is 0 Å². The molecule has 0 radical (unpaired) electrons. The zero-order valence-electron chi connectivity index (χ0n) is 12.4. The first-order valence-electron chi connectivity index (χ1n) is 7.35. The van der Waals surface area contributed by atoms with Crippen molar-refractivity contribution in [1.29, 1.82) is 0 Å². The van der Waals surface area contributed by atoms with E-state index in [0.717, 1.165) is 45.6 Å². The van der Waals surface area contributed by atoms with E-state index in [9.17, 15) is 0 Å². The van der Waals surface area contributed by atoms with E-state index >= 15 is 0 Å². The maximum Gasteiger partial charge on any atom is 0.0753 e. The topological polar surface area (TPSA) is 12.9 Å². The molecule has 0 N–H and O–H groups in total. The predicted molar refractivity (Wildman–Crippen MR) is 90.9 cm³/mol. The molecule has 2 aromatic carbocycles. The van der Waals surface area contributed by atoms with Crippen LogP contribution >= 0.6 is 11.6 Å². The van der Waals surface area contributed by atoms with Crippen LogP contribution in [0.3, 0.4) is 0 Å². The molecule has 0 spiro atoms. The molecule has 0 unspecified atom stereocenters. The van der Waals surface area contributed by atoms with Gasteiger partial charge in [0.1, 0.15) is 0 Å². The van der Waals surface area contributed by atoms with E-state index in [4.69, 9.17) is 16.6 Å². The normalized spacial score (nSPS) is 11.0. The van der Waals surface area contributed by atoms with Gasteiger partial charge in [-0.2, -0.15) is 0 Å². The number of aryl methyl sites for hydroxylation is 1. The van der Waals surface area contributed by atoms with Crippen molar-refractivity contribution in [1.82, 2.24) is 4.98 Å². The summed E-state index contributed by atoms with van der Waals surface area (Å²) >= 11 is 6.61. The number of hydrogen-bond acceptors (Lipinski definition) is 1. The largest absolute Gasteiger partial charge is 0.247 e. The van der Waals surface area contributed by atoms with Crippen molar-refractivity contribution in [2.24, 2.45) is 0 Å². The fraction of sp³-hybridized carbons (Fsp3) is 0.211. The van der Waals surface area contributed by atoms with Crippen LogP contribution in [0.15, 0.2) is 48.5 Å². The first-order valence-corrected chi connectivity index (χ1v) is 7.72. The fourth-order valence-electron chi connectivity index (χ4n) is 2.69. The summed E-state index contributed by atoms with van der Waals surface area (Å²) in [6.07, 6.45) is 2.21. The van der Waals surface area contributed by atoms with Crippen LogP contribution in [0.25, 0.3) is 22.2 Å². The summed E-state index contributed by atoms with van der Waals surface area (Å²) in [7, 11) is 0. The SMILES string of the molecule is CCCc1ccc2nc(-c3ccccc3)c(C)c(Cl)c2c1. The zero-order valence-corrected chi connectivity index (χ0v) is 13.1. The minimum absolute atomic E-state index is 0.816. The van der Waals surface area contributed by atoms with Gasteiger partial charge in [-0.25, -0.2) is 4.98 Å². The summed E-state index contributed by atoms with van der Waals surface area (Å²) in [4.78, 5) is 4.82. The van der Waals surface area contributed by atoms with E-state index < -0.39 is 0 Å². The molecule has 0 bridgehead atoms. The first kappa shape index (κ1) is 14.1. The Morgan fingerprint density at radius 2 is 1.81 bits per heavy atom. The molecular formula is C19H18ClN.